The quantitative estimate of drug-likeness (QED) is 0.565. The summed E-state index contributed by atoms with van der Waals surface area (Å²) in [5.74, 6) is -0.305. The molecule has 34 heavy (non-hydrogen) atoms. The monoisotopic (exact) mass is 507 g/mol. The van der Waals surface area contributed by atoms with E-state index in [9.17, 15) is 18.0 Å². The minimum absolute atomic E-state index is 0.168. The molecule has 0 atom stereocenters. The van der Waals surface area contributed by atoms with Crippen molar-refractivity contribution in [3.8, 4) is 0 Å². The molecule has 1 saturated heterocycles. The smallest absolute Gasteiger partial charge is 0.411 e. The van der Waals surface area contributed by atoms with E-state index in [1.807, 2.05) is 31.2 Å². The molecule has 8 nitrogen and oxygen atoms in total. The van der Waals surface area contributed by atoms with Gasteiger partial charge in [0.2, 0.25) is 15.9 Å². The lowest BCUT2D eigenvalue weighted by atomic mass is 9.78. The number of sulfonamides is 1. The van der Waals surface area contributed by atoms with Gasteiger partial charge in [-0.25, -0.2) is 17.5 Å². The molecule has 1 heterocycles. The number of carbonyl (C=O) groups is 2. The average Bonchev–Trinajstić information content (AvgIpc) is 2.82. The normalized spacial score (nSPS) is 16.0. The number of anilines is 1. The molecule has 3 rings (SSSR count). The van der Waals surface area contributed by atoms with E-state index in [0.717, 1.165) is 23.8 Å². The zero-order valence-corrected chi connectivity index (χ0v) is 20.9. The summed E-state index contributed by atoms with van der Waals surface area (Å²) in [5, 5.41) is 6.09. The van der Waals surface area contributed by atoms with Gasteiger partial charge in [-0.05, 0) is 48.6 Å². The molecule has 10 heteroatoms. The molecule has 1 aliphatic rings. The van der Waals surface area contributed by atoms with Crippen molar-refractivity contribution in [1.82, 2.24) is 9.62 Å². The number of piperidine rings is 1. The fraction of sp³-hybridized carbons (Fsp3) is 0.417. The summed E-state index contributed by atoms with van der Waals surface area (Å²) < 4.78 is 30.7. The number of aryl methyl sites for hydroxylation is 1. The Morgan fingerprint density at radius 2 is 1.74 bits per heavy atom. The van der Waals surface area contributed by atoms with Crippen molar-refractivity contribution < 1.29 is 22.7 Å². The van der Waals surface area contributed by atoms with Crippen LogP contribution in [0.25, 0.3) is 0 Å². The number of hydrogen-bond donors (Lipinski definition) is 2. The molecule has 0 aromatic heterocycles. The SMILES string of the molecule is CCc1ccc(NC(=O)OCC2(C(=O)NCc3ccccc3Cl)CCN(S(C)(=O)=O)CC2)cc1. The van der Waals surface area contributed by atoms with E-state index in [-0.39, 0.29) is 45.0 Å². The number of ether oxygens (including phenoxy) is 1. The molecule has 0 saturated carbocycles. The van der Waals surface area contributed by atoms with Gasteiger partial charge in [-0.2, -0.15) is 0 Å². The van der Waals surface area contributed by atoms with Crippen molar-refractivity contribution in [3.05, 3.63) is 64.7 Å². The Labute approximate surface area is 205 Å². The van der Waals surface area contributed by atoms with Crippen LogP contribution in [0, 0.1) is 5.41 Å². The van der Waals surface area contributed by atoms with Gasteiger partial charge in [0, 0.05) is 30.3 Å². The minimum Gasteiger partial charge on any atom is -0.448 e. The molecule has 184 valence electrons. The highest BCUT2D eigenvalue weighted by Crippen LogP contribution is 2.34. The second-order valence-electron chi connectivity index (χ2n) is 8.47. The largest absolute Gasteiger partial charge is 0.448 e. The van der Waals surface area contributed by atoms with Crippen LogP contribution < -0.4 is 10.6 Å². The molecule has 1 fully saturated rings. The van der Waals surface area contributed by atoms with Gasteiger partial charge in [0.1, 0.15) is 6.61 Å². The number of nitrogens with one attached hydrogen (secondary N) is 2. The Morgan fingerprint density at radius 3 is 2.32 bits per heavy atom. The third-order valence-electron chi connectivity index (χ3n) is 6.12. The Morgan fingerprint density at radius 1 is 1.09 bits per heavy atom. The van der Waals surface area contributed by atoms with E-state index in [0.29, 0.717) is 10.7 Å². The second-order valence-corrected chi connectivity index (χ2v) is 10.9. The van der Waals surface area contributed by atoms with Crippen LogP contribution >= 0.6 is 11.6 Å². The minimum atomic E-state index is -3.38. The van der Waals surface area contributed by atoms with Crippen LogP contribution in [0.4, 0.5) is 10.5 Å². The first kappa shape index (κ1) is 26.0. The number of hydrogen-bond acceptors (Lipinski definition) is 5. The fourth-order valence-corrected chi connectivity index (χ4v) is 4.92. The Hall–Kier alpha value is -2.62. The van der Waals surface area contributed by atoms with Crippen LogP contribution in [0.5, 0.6) is 0 Å². The molecular formula is C24H30ClN3O5S. The molecular weight excluding hydrogens is 478 g/mol. The number of nitrogens with zero attached hydrogens (tertiary/aromatic N) is 1. The van der Waals surface area contributed by atoms with Gasteiger partial charge in [-0.3, -0.25) is 10.1 Å². The maximum atomic E-state index is 13.3. The molecule has 1 aliphatic heterocycles. The summed E-state index contributed by atoms with van der Waals surface area (Å²) in [4.78, 5) is 25.7. The molecule has 0 spiro atoms. The standard InChI is InChI=1S/C24H30ClN3O5S/c1-3-18-8-10-20(11-9-18)27-23(30)33-17-24(12-14-28(15-13-24)34(2,31)32)22(29)26-16-19-6-4-5-7-21(19)25/h4-11H,3,12-17H2,1-2H3,(H,26,29)(H,27,30). The van der Waals surface area contributed by atoms with Crippen LogP contribution in [0.3, 0.4) is 0 Å². The third kappa shape index (κ3) is 6.71. The predicted octanol–water partition coefficient (Wildman–Crippen LogP) is 3.81. The molecule has 2 amide bonds. The van der Waals surface area contributed by atoms with Gasteiger partial charge in [0.25, 0.3) is 0 Å². The zero-order valence-electron chi connectivity index (χ0n) is 19.3. The topological polar surface area (TPSA) is 105 Å². The highest BCUT2D eigenvalue weighted by atomic mass is 35.5. The van der Waals surface area contributed by atoms with Crippen LogP contribution in [-0.4, -0.2) is 50.7 Å². The van der Waals surface area contributed by atoms with Crippen molar-refractivity contribution >= 4 is 39.3 Å². The summed E-state index contributed by atoms with van der Waals surface area (Å²) in [6, 6.07) is 14.6. The maximum Gasteiger partial charge on any atom is 0.411 e. The Balaban J connectivity index is 1.67. The first-order valence-electron chi connectivity index (χ1n) is 11.1. The van der Waals surface area contributed by atoms with Crippen LogP contribution in [0.2, 0.25) is 5.02 Å². The van der Waals surface area contributed by atoms with E-state index >= 15 is 0 Å². The number of rotatable bonds is 8. The molecule has 0 radical (unpaired) electrons. The van der Waals surface area contributed by atoms with E-state index in [2.05, 4.69) is 10.6 Å². The van der Waals surface area contributed by atoms with Gasteiger partial charge >= 0.3 is 6.09 Å². The molecule has 2 aromatic rings. The second kappa shape index (κ2) is 11.2. The van der Waals surface area contributed by atoms with E-state index in [1.165, 1.54) is 4.31 Å². The fourth-order valence-electron chi connectivity index (χ4n) is 3.87. The van der Waals surface area contributed by atoms with Gasteiger partial charge in [-0.1, -0.05) is 48.9 Å². The average molecular weight is 508 g/mol. The van der Waals surface area contributed by atoms with Gasteiger partial charge in [0.15, 0.2) is 0 Å². The first-order chi connectivity index (χ1) is 16.1. The van der Waals surface area contributed by atoms with E-state index in [1.54, 1.807) is 24.3 Å². The zero-order chi connectivity index (χ0) is 24.8. The molecule has 2 aromatic carbocycles. The lowest BCUT2D eigenvalue weighted by Crippen LogP contribution is -2.52. The van der Waals surface area contributed by atoms with E-state index in [4.69, 9.17) is 16.3 Å². The van der Waals surface area contributed by atoms with E-state index < -0.39 is 21.5 Å². The van der Waals surface area contributed by atoms with Gasteiger partial charge < -0.3 is 10.1 Å². The van der Waals surface area contributed by atoms with Crippen LogP contribution in [0.1, 0.15) is 30.9 Å². The molecule has 0 aliphatic carbocycles. The first-order valence-corrected chi connectivity index (χ1v) is 13.4. The lowest BCUT2D eigenvalue weighted by molar-refractivity contribution is -0.136. The number of carbonyl (C=O) groups excluding carboxylic acids is 2. The summed E-state index contributed by atoms with van der Waals surface area (Å²) in [5.41, 5.74) is 1.44. The number of amides is 2. The van der Waals surface area contributed by atoms with Crippen molar-refractivity contribution in [1.29, 1.82) is 0 Å². The van der Waals surface area contributed by atoms with Crippen LogP contribution in [0.15, 0.2) is 48.5 Å². The molecule has 0 bridgehead atoms. The van der Waals surface area contributed by atoms with Crippen molar-refractivity contribution in [2.45, 2.75) is 32.7 Å². The van der Waals surface area contributed by atoms with Gasteiger partial charge in [0.05, 0.1) is 11.7 Å². The molecule has 2 N–H and O–H groups in total. The lowest BCUT2D eigenvalue weighted by Gasteiger charge is -2.39. The summed E-state index contributed by atoms with van der Waals surface area (Å²) in [6.45, 7) is 2.43. The number of benzene rings is 2. The maximum absolute atomic E-state index is 13.3. The van der Waals surface area contributed by atoms with Crippen molar-refractivity contribution in [3.63, 3.8) is 0 Å². The highest BCUT2D eigenvalue weighted by molar-refractivity contribution is 7.88. The Bertz CT molecular complexity index is 1110. The number of halogens is 1. The summed E-state index contributed by atoms with van der Waals surface area (Å²) in [6.07, 6.45) is 1.82. The predicted molar refractivity (Wildman–Crippen MR) is 132 cm³/mol. The van der Waals surface area contributed by atoms with Crippen molar-refractivity contribution in [2.75, 3.05) is 31.3 Å². The third-order valence-corrected chi connectivity index (χ3v) is 7.79. The Kier molecular flexibility index (Phi) is 8.57. The van der Waals surface area contributed by atoms with Crippen LogP contribution in [-0.2, 0) is 32.5 Å². The highest BCUT2D eigenvalue weighted by Gasteiger charge is 2.44. The summed E-state index contributed by atoms with van der Waals surface area (Å²) in [7, 11) is -3.38. The van der Waals surface area contributed by atoms with Gasteiger partial charge in [-0.15, -0.1) is 0 Å². The van der Waals surface area contributed by atoms with Crippen molar-refractivity contribution in [2.24, 2.45) is 5.41 Å². The summed E-state index contributed by atoms with van der Waals surface area (Å²) >= 11 is 6.19. The molecule has 0 unspecified atom stereocenters.